The Hall–Kier alpha value is -0.716. The first-order valence-corrected chi connectivity index (χ1v) is 13.6. The molecule has 0 aliphatic rings. The maximum absolute atomic E-state index is 6.03. The highest BCUT2D eigenvalue weighted by atomic mass is 35.5. The van der Waals surface area contributed by atoms with Gasteiger partial charge in [0, 0.05) is 11.1 Å². The average molecular weight is 315 g/mol. The van der Waals surface area contributed by atoms with Gasteiger partial charge in [0.1, 0.15) is 0 Å². The third-order valence-corrected chi connectivity index (χ3v) is 3.85. The molecule has 0 N–H and O–H groups in total. The van der Waals surface area contributed by atoms with Crippen molar-refractivity contribution in [2.24, 2.45) is 0 Å². The van der Waals surface area contributed by atoms with E-state index in [2.05, 4.69) is 39.3 Å². The van der Waals surface area contributed by atoms with Gasteiger partial charge < -0.3 is 8.85 Å². The van der Waals surface area contributed by atoms with Crippen LogP contribution in [0.15, 0.2) is 30.2 Å². The van der Waals surface area contributed by atoms with E-state index in [0.29, 0.717) is 5.95 Å². The molecule has 0 spiro atoms. The molecule has 19 heavy (non-hydrogen) atoms. The molecule has 0 bridgehead atoms. The zero-order valence-electron chi connectivity index (χ0n) is 12.6. The highest BCUT2D eigenvalue weighted by Crippen LogP contribution is 2.20. The van der Waals surface area contributed by atoms with Gasteiger partial charge in [0.2, 0.25) is 16.6 Å². The summed E-state index contributed by atoms with van der Waals surface area (Å²) in [5.41, 5.74) is 1.04. The Labute approximate surface area is 123 Å². The van der Waals surface area contributed by atoms with E-state index in [0.717, 1.165) is 10.6 Å². The number of hydrogen-bond acceptors (Lipinski definition) is 2. The Morgan fingerprint density at radius 3 is 1.68 bits per heavy atom. The monoisotopic (exact) mass is 314 g/mol. The van der Waals surface area contributed by atoms with Gasteiger partial charge in [-0.3, -0.25) is 0 Å². The molecule has 0 saturated carbocycles. The molecule has 0 atom stereocenters. The Morgan fingerprint density at radius 1 is 0.895 bits per heavy atom. The zero-order valence-corrected chi connectivity index (χ0v) is 15.3. The lowest BCUT2D eigenvalue weighted by molar-refractivity contribution is 0.222. The second-order valence-electron chi connectivity index (χ2n) is 6.44. The minimum atomic E-state index is -1.68. The predicted octanol–water partition coefficient (Wildman–Crippen LogP) is 5.34. The summed E-state index contributed by atoms with van der Waals surface area (Å²) in [5.74, 6) is 0.639. The number of hydrogen-bond donors (Lipinski definition) is 0. The fraction of sp³-hybridized carbons (Fsp3) is 0.429. The predicted molar refractivity (Wildman–Crippen MR) is 88.3 cm³/mol. The second kappa shape index (κ2) is 6.16. The highest BCUT2D eigenvalue weighted by molar-refractivity contribution is 6.71. The molecule has 0 aliphatic carbocycles. The van der Waals surface area contributed by atoms with Crippen LogP contribution in [0.4, 0.5) is 0 Å². The van der Waals surface area contributed by atoms with Crippen LogP contribution < -0.4 is 0 Å². The van der Waals surface area contributed by atoms with Crippen LogP contribution in [0.25, 0.3) is 6.08 Å². The van der Waals surface area contributed by atoms with Crippen molar-refractivity contribution in [1.82, 2.24) is 0 Å². The summed E-state index contributed by atoms with van der Waals surface area (Å²) >= 11 is 5.89. The molecule has 0 aromatic heterocycles. The van der Waals surface area contributed by atoms with Crippen LogP contribution in [-0.2, 0) is 8.85 Å². The first-order valence-electron chi connectivity index (χ1n) is 6.40. The minimum absolute atomic E-state index is 0.639. The second-order valence-corrected chi connectivity index (χ2v) is 15.7. The average Bonchev–Trinajstić information content (AvgIpc) is 2.16. The van der Waals surface area contributed by atoms with E-state index in [9.17, 15) is 0 Å². The van der Waals surface area contributed by atoms with E-state index in [1.165, 1.54) is 0 Å². The molecule has 0 fully saturated rings. The maximum atomic E-state index is 6.03. The normalized spacial score (nSPS) is 11.9. The van der Waals surface area contributed by atoms with Gasteiger partial charge in [-0.2, -0.15) is 0 Å². The summed E-state index contributed by atoms with van der Waals surface area (Å²) in [6.07, 6.45) is 1.95. The molecular formula is C14H23ClO2Si2. The lowest BCUT2D eigenvalue weighted by Crippen LogP contribution is -2.31. The minimum Gasteiger partial charge on any atom is -0.521 e. The van der Waals surface area contributed by atoms with Crippen molar-refractivity contribution in [2.75, 3.05) is 0 Å². The number of halogens is 1. The van der Waals surface area contributed by atoms with Crippen LogP contribution in [0.5, 0.6) is 0 Å². The van der Waals surface area contributed by atoms with E-state index in [1.54, 1.807) is 0 Å². The van der Waals surface area contributed by atoms with Crippen LogP contribution in [0.3, 0.4) is 0 Å². The van der Waals surface area contributed by atoms with Crippen LogP contribution in [0.2, 0.25) is 44.3 Å². The zero-order chi connectivity index (χ0) is 14.7. The van der Waals surface area contributed by atoms with Crippen LogP contribution in [0, 0.1) is 0 Å². The summed E-state index contributed by atoms with van der Waals surface area (Å²) in [7, 11) is -3.36. The van der Waals surface area contributed by atoms with Crippen LogP contribution in [-0.4, -0.2) is 16.6 Å². The first-order chi connectivity index (χ1) is 8.55. The molecule has 1 aromatic rings. The molecule has 0 heterocycles. The number of rotatable bonds is 5. The Balaban J connectivity index is 2.98. The lowest BCUT2D eigenvalue weighted by atomic mass is 10.2. The van der Waals surface area contributed by atoms with Crippen molar-refractivity contribution in [1.29, 1.82) is 0 Å². The molecule has 1 aromatic carbocycles. The van der Waals surface area contributed by atoms with Gasteiger partial charge in [0.25, 0.3) is 5.95 Å². The van der Waals surface area contributed by atoms with Crippen LogP contribution >= 0.6 is 11.6 Å². The van der Waals surface area contributed by atoms with Gasteiger partial charge in [-0.15, -0.1) is 0 Å². The fourth-order valence-electron chi connectivity index (χ4n) is 1.38. The summed E-state index contributed by atoms with van der Waals surface area (Å²) in [6.45, 7) is 12.9. The molecule has 0 amide bonds. The number of benzene rings is 1. The molecule has 2 nitrogen and oxygen atoms in total. The molecular weight excluding hydrogens is 292 g/mol. The molecule has 5 heteroatoms. The molecule has 0 aliphatic heterocycles. The Bertz CT molecular complexity index is 424. The quantitative estimate of drug-likeness (QED) is 0.539. The van der Waals surface area contributed by atoms with Crippen molar-refractivity contribution in [2.45, 2.75) is 39.3 Å². The Kier molecular flexibility index (Phi) is 5.29. The standard InChI is InChI=1S/C14H23ClO2Si2/c1-18(2,3)16-14(17-19(4,5)6)11-12-7-9-13(15)10-8-12/h7-11H,1-6H3. The van der Waals surface area contributed by atoms with Gasteiger partial charge >= 0.3 is 0 Å². The first kappa shape index (κ1) is 16.3. The van der Waals surface area contributed by atoms with Gasteiger partial charge in [-0.05, 0) is 57.0 Å². The van der Waals surface area contributed by atoms with Crippen molar-refractivity contribution in [3.8, 4) is 0 Å². The van der Waals surface area contributed by atoms with E-state index < -0.39 is 16.6 Å². The van der Waals surface area contributed by atoms with E-state index >= 15 is 0 Å². The molecule has 0 unspecified atom stereocenters. The summed E-state index contributed by atoms with van der Waals surface area (Å²) in [6, 6.07) is 7.66. The van der Waals surface area contributed by atoms with E-state index in [4.69, 9.17) is 20.5 Å². The molecule has 0 radical (unpaired) electrons. The SMILES string of the molecule is C[Si](C)(C)OC(=Cc1ccc(Cl)cc1)O[Si](C)(C)C. The van der Waals surface area contributed by atoms with Crippen LogP contribution in [0.1, 0.15) is 5.56 Å². The molecule has 0 saturated heterocycles. The van der Waals surface area contributed by atoms with Gasteiger partial charge in [-0.1, -0.05) is 23.7 Å². The van der Waals surface area contributed by atoms with E-state index in [-0.39, 0.29) is 0 Å². The molecule has 1 rings (SSSR count). The summed E-state index contributed by atoms with van der Waals surface area (Å²) < 4.78 is 12.1. The van der Waals surface area contributed by atoms with Crippen molar-refractivity contribution < 1.29 is 8.85 Å². The lowest BCUT2D eigenvalue weighted by Gasteiger charge is -2.27. The summed E-state index contributed by atoms with van der Waals surface area (Å²) in [4.78, 5) is 0. The van der Waals surface area contributed by atoms with Crippen molar-refractivity contribution in [3.05, 3.63) is 40.8 Å². The summed E-state index contributed by atoms with van der Waals surface area (Å²) in [5, 5.41) is 0.732. The molecule has 106 valence electrons. The fourth-order valence-corrected chi connectivity index (χ4v) is 3.00. The third kappa shape index (κ3) is 7.45. The maximum Gasteiger partial charge on any atom is 0.251 e. The largest absolute Gasteiger partial charge is 0.521 e. The van der Waals surface area contributed by atoms with Gasteiger partial charge in [0.15, 0.2) is 0 Å². The van der Waals surface area contributed by atoms with Gasteiger partial charge in [0.05, 0.1) is 0 Å². The Morgan fingerprint density at radius 2 is 1.32 bits per heavy atom. The highest BCUT2D eigenvalue weighted by Gasteiger charge is 2.23. The van der Waals surface area contributed by atoms with Crippen molar-refractivity contribution >= 4 is 34.3 Å². The topological polar surface area (TPSA) is 18.5 Å². The van der Waals surface area contributed by atoms with E-state index in [1.807, 2.05) is 30.3 Å². The third-order valence-electron chi connectivity index (χ3n) is 1.97. The van der Waals surface area contributed by atoms with Gasteiger partial charge in [-0.25, -0.2) is 0 Å². The van der Waals surface area contributed by atoms with Crippen molar-refractivity contribution in [3.63, 3.8) is 0 Å². The smallest absolute Gasteiger partial charge is 0.251 e.